The van der Waals surface area contributed by atoms with E-state index in [1.54, 1.807) is 6.07 Å². The minimum absolute atomic E-state index is 0.145. The highest BCUT2D eigenvalue weighted by Crippen LogP contribution is 2.40. The Morgan fingerprint density at radius 2 is 1.93 bits per heavy atom. The van der Waals surface area contributed by atoms with Crippen LogP contribution in [0.2, 0.25) is 0 Å². The van der Waals surface area contributed by atoms with Gasteiger partial charge in [0.05, 0.1) is 18.3 Å². The number of piperidine rings is 1. The fourth-order valence-corrected chi connectivity index (χ4v) is 6.65. The average molecular weight is 615 g/mol. The SMILES string of the molecule is C=C(c1cc2cnc(Nc3ccc(C4CCCNC4)cc3)nc2n(Cc2cnoc2S(=O)(=O)CC(F)(F)F)c1=O)C1CC1. The normalized spacial score (nSPS) is 17.7. The number of fused-ring (bicyclic) bond motifs is 1. The van der Waals surface area contributed by atoms with Gasteiger partial charge in [-0.15, -0.1) is 0 Å². The Morgan fingerprint density at radius 3 is 2.60 bits per heavy atom. The number of halogens is 3. The maximum absolute atomic E-state index is 13.8. The predicted molar refractivity (Wildman–Crippen MR) is 154 cm³/mol. The van der Waals surface area contributed by atoms with Crippen molar-refractivity contribution in [1.82, 2.24) is 25.0 Å². The van der Waals surface area contributed by atoms with Gasteiger partial charge in [0.25, 0.3) is 10.7 Å². The van der Waals surface area contributed by atoms with Crippen molar-refractivity contribution in [2.75, 3.05) is 24.2 Å². The van der Waals surface area contributed by atoms with Crippen LogP contribution < -0.4 is 16.2 Å². The lowest BCUT2D eigenvalue weighted by Gasteiger charge is -2.23. The minimum Gasteiger partial charge on any atom is -0.344 e. The Hall–Kier alpha value is -4.04. The molecule has 0 bridgehead atoms. The van der Waals surface area contributed by atoms with Crippen LogP contribution in [0.25, 0.3) is 16.6 Å². The molecule has 2 N–H and O–H groups in total. The smallest absolute Gasteiger partial charge is 0.344 e. The number of aromatic nitrogens is 4. The van der Waals surface area contributed by atoms with Crippen LogP contribution in [-0.2, 0) is 16.4 Å². The number of nitrogens with zero attached hydrogens (tertiary/aromatic N) is 4. The molecule has 0 radical (unpaired) electrons. The van der Waals surface area contributed by atoms with Gasteiger partial charge in [-0.1, -0.05) is 23.9 Å². The van der Waals surface area contributed by atoms with E-state index in [1.165, 1.54) is 16.3 Å². The van der Waals surface area contributed by atoms with Crippen LogP contribution >= 0.6 is 0 Å². The Morgan fingerprint density at radius 1 is 1.16 bits per heavy atom. The third-order valence-electron chi connectivity index (χ3n) is 7.75. The standard InChI is InChI=1S/C29H29F3N6O4S/c1-17(18-4-5-18)24-11-21-13-34-28(36-23-8-6-19(7-9-23)20-3-2-10-33-12-20)37-25(21)38(26(24)39)15-22-14-35-42-27(22)43(40,41)16-29(30,31)32/h6-9,11,13-14,18,20,33H,1-5,10,12,15-16H2,(H,34,36,37). The lowest BCUT2D eigenvalue weighted by molar-refractivity contribution is -0.106. The van der Waals surface area contributed by atoms with E-state index in [4.69, 9.17) is 4.52 Å². The van der Waals surface area contributed by atoms with Crippen LogP contribution in [0, 0.1) is 5.92 Å². The van der Waals surface area contributed by atoms with Gasteiger partial charge < -0.3 is 15.2 Å². The molecule has 2 aliphatic rings. The van der Waals surface area contributed by atoms with Crippen LogP contribution in [0.15, 0.2) is 63.7 Å². The van der Waals surface area contributed by atoms with Gasteiger partial charge in [-0.25, -0.2) is 13.4 Å². The highest BCUT2D eigenvalue weighted by Gasteiger charge is 2.39. The summed E-state index contributed by atoms with van der Waals surface area (Å²) >= 11 is 0. The summed E-state index contributed by atoms with van der Waals surface area (Å²) in [4.78, 5) is 22.7. The second-order valence-corrected chi connectivity index (χ2v) is 12.9. The quantitative estimate of drug-likeness (QED) is 0.273. The number of sulfone groups is 1. The number of alkyl halides is 3. The van der Waals surface area contributed by atoms with E-state index in [2.05, 4.69) is 32.3 Å². The minimum atomic E-state index is -4.99. The number of nitrogens with one attached hydrogen (secondary N) is 2. The van der Waals surface area contributed by atoms with Gasteiger partial charge in [-0.3, -0.25) is 9.36 Å². The second kappa shape index (κ2) is 11.2. The molecule has 226 valence electrons. The van der Waals surface area contributed by atoms with Crippen molar-refractivity contribution in [2.24, 2.45) is 5.92 Å². The first-order chi connectivity index (χ1) is 20.5. The van der Waals surface area contributed by atoms with E-state index in [0.717, 1.165) is 50.7 Å². The summed E-state index contributed by atoms with van der Waals surface area (Å²) in [5, 5.41) is 9.50. The van der Waals surface area contributed by atoms with Crippen LogP contribution in [0.4, 0.5) is 24.8 Å². The van der Waals surface area contributed by atoms with E-state index < -0.39 is 39.0 Å². The number of pyridine rings is 1. The molecule has 2 fully saturated rings. The van der Waals surface area contributed by atoms with Gasteiger partial charge in [-0.2, -0.15) is 18.2 Å². The summed E-state index contributed by atoms with van der Waals surface area (Å²) in [6, 6.07) is 9.56. The lowest BCUT2D eigenvalue weighted by Crippen LogP contribution is -2.28. The van der Waals surface area contributed by atoms with Crippen molar-refractivity contribution < 1.29 is 26.1 Å². The van der Waals surface area contributed by atoms with Crippen LogP contribution in [-0.4, -0.2) is 53.1 Å². The Bertz CT molecular complexity index is 1840. The van der Waals surface area contributed by atoms with Crippen molar-refractivity contribution >= 4 is 38.1 Å². The van der Waals surface area contributed by atoms with Gasteiger partial charge in [-0.05, 0) is 73.4 Å². The summed E-state index contributed by atoms with van der Waals surface area (Å²) in [5.74, 6) is -1.36. The molecule has 1 saturated carbocycles. The highest BCUT2D eigenvalue weighted by molar-refractivity contribution is 7.91. The van der Waals surface area contributed by atoms with Crippen molar-refractivity contribution in [3.63, 3.8) is 0 Å². The number of anilines is 2. The molecule has 1 aliphatic heterocycles. The van der Waals surface area contributed by atoms with E-state index in [0.29, 0.717) is 22.4 Å². The molecule has 1 unspecified atom stereocenters. The Labute approximate surface area is 244 Å². The number of allylic oxidation sites excluding steroid dienone is 1. The van der Waals surface area contributed by atoms with Gasteiger partial charge in [0.2, 0.25) is 15.8 Å². The zero-order chi connectivity index (χ0) is 30.4. The Balaban J connectivity index is 1.37. The van der Waals surface area contributed by atoms with Gasteiger partial charge >= 0.3 is 6.18 Å². The van der Waals surface area contributed by atoms with E-state index >= 15 is 0 Å². The molecule has 14 heteroatoms. The number of hydrogen-bond donors (Lipinski definition) is 2. The maximum Gasteiger partial charge on any atom is 0.403 e. The summed E-state index contributed by atoms with van der Waals surface area (Å²) in [6.45, 7) is 5.59. The fraction of sp³-hybridized carbons (Fsp3) is 0.379. The van der Waals surface area contributed by atoms with Crippen LogP contribution in [0.1, 0.15) is 48.3 Å². The predicted octanol–water partition coefficient (Wildman–Crippen LogP) is 4.80. The number of rotatable bonds is 9. The van der Waals surface area contributed by atoms with Crippen molar-refractivity contribution in [3.05, 3.63) is 76.3 Å². The molecule has 4 heterocycles. The molecule has 1 aliphatic carbocycles. The third-order valence-corrected chi connectivity index (χ3v) is 9.36. The highest BCUT2D eigenvalue weighted by atomic mass is 32.2. The number of hydrogen-bond acceptors (Lipinski definition) is 9. The van der Waals surface area contributed by atoms with Gasteiger partial charge in [0.1, 0.15) is 5.65 Å². The summed E-state index contributed by atoms with van der Waals surface area (Å²) in [7, 11) is -4.92. The average Bonchev–Trinajstić information content (AvgIpc) is 3.71. The molecule has 1 atom stereocenters. The second-order valence-electron chi connectivity index (χ2n) is 11.0. The maximum atomic E-state index is 13.8. The molecule has 1 aromatic carbocycles. The lowest BCUT2D eigenvalue weighted by atomic mass is 9.92. The fourth-order valence-electron chi connectivity index (χ4n) is 5.41. The Kier molecular flexibility index (Phi) is 7.59. The monoisotopic (exact) mass is 614 g/mol. The molecule has 10 nitrogen and oxygen atoms in total. The molecule has 0 amide bonds. The largest absolute Gasteiger partial charge is 0.403 e. The molecule has 1 saturated heterocycles. The van der Waals surface area contributed by atoms with Crippen LogP contribution in [0.3, 0.4) is 0 Å². The first-order valence-corrected chi connectivity index (χ1v) is 15.5. The summed E-state index contributed by atoms with van der Waals surface area (Å²) < 4.78 is 70.0. The molecular formula is C29H29F3N6O4S. The summed E-state index contributed by atoms with van der Waals surface area (Å²) in [6.07, 6.45) is 1.54. The van der Waals surface area contributed by atoms with Crippen molar-refractivity contribution in [2.45, 2.75) is 49.4 Å². The first kappa shape index (κ1) is 29.1. The molecule has 43 heavy (non-hydrogen) atoms. The zero-order valence-corrected chi connectivity index (χ0v) is 23.8. The van der Waals surface area contributed by atoms with Crippen LogP contribution in [0.5, 0.6) is 0 Å². The molecule has 6 rings (SSSR count). The number of benzene rings is 1. The zero-order valence-electron chi connectivity index (χ0n) is 23.0. The molecule has 3 aromatic heterocycles. The van der Waals surface area contributed by atoms with E-state index in [9.17, 15) is 26.4 Å². The van der Waals surface area contributed by atoms with Crippen molar-refractivity contribution in [1.29, 1.82) is 0 Å². The molecular weight excluding hydrogens is 585 g/mol. The summed E-state index contributed by atoms with van der Waals surface area (Å²) in [5.41, 5.74) is 2.32. The topological polar surface area (TPSA) is 132 Å². The van der Waals surface area contributed by atoms with E-state index in [1.807, 2.05) is 24.3 Å². The van der Waals surface area contributed by atoms with Gasteiger partial charge in [0.15, 0.2) is 5.75 Å². The first-order valence-electron chi connectivity index (χ1n) is 13.9. The molecule has 0 spiro atoms. The van der Waals surface area contributed by atoms with E-state index in [-0.39, 0.29) is 23.1 Å². The van der Waals surface area contributed by atoms with Crippen molar-refractivity contribution in [3.8, 4) is 0 Å². The third kappa shape index (κ3) is 6.34. The molecule has 4 aromatic rings. The van der Waals surface area contributed by atoms with Gasteiger partial charge in [0, 0.05) is 29.4 Å².